The van der Waals surface area contributed by atoms with Gasteiger partial charge < -0.3 is 0 Å². The van der Waals surface area contributed by atoms with Gasteiger partial charge in [0, 0.05) is 16.7 Å². The van der Waals surface area contributed by atoms with Crippen molar-refractivity contribution in [1.82, 2.24) is 15.0 Å². The van der Waals surface area contributed by atoms with E-state index in [-0.39, 0.29) is 0 Å². The Bertz CT molecular complexity index is 3220. The minimum absolute atomic E-state index is 0.623. The number of hydrogen-bond acceptors (Lipinski definition) is 3. The van der Waals surface area contributed by atoms with Gasteiger partial charge >= 0.3 is 0 Å². The van der Waals surface area contributed by atoms with Gasteiger partial charge in [0.2, 0.25) is 0 Å². The summed E-state index contributed by atoms with van der Waals surface area (Å²) in [6.07, 6.45) is 0. The van der Waals surface area contributed by atoms with Crippen LogP contribution in [0.15, 0.2) is 249 Å². The number of fused-ring (bicyclic) bond motifs is 3. The molecule has 0 atom stereocenters. The average Bonchev–Trinajstić information content (AvgIpc) is 3.38. The predicted octanol–water partition coefficient (Wildman–Crippen LogP) is 11.9. The number of nitrogens with zero attached hydrogens (tertiary/aromatic N) is 3. The van der Waals surface area contributed by atoms with Crippen molar-refractivity contribution in [1.29, 1.82) is 0 Å². The summed E-state index contributed by atoms with van der Waals surface area (Å²) in [6.45, 7) is 0. The molecule has 63 heavy (non-hydrogen) atoms. The first kappa shape index (κ1) is 37.9. The summed E-state index contributed by atoms with van der Waals surface area (Å²) in [4.78, 5) is 15.4. The lowest BCUT2D eigenvalue weighted by atomic mass is 9.88. The third-order valence-electron chi connectivity index (χ3n) is 12.3. The second-order valence-corrected chi connectivity index (χ2v) is 19.7. The summed E-state index contributed by atoms with van der Waals surface area (Å²) < 4.78 is 0. The zero-order valence-electron chi connectivity index (χ0n) is 34.5. The zero-order valence-corrected chi connectivity index (χ0v) is 35.5. The summed E-state index contributed by atoms with van der Waals surface area (Å²) in [5.74, 6) is 1.90. The van der Waals surface area contributed by atoms with Crippen LogP contribution >= 0.6 is 0 Å². The molecule has 11 rings (SSSR count). The Kier molecular flexibility index (Phi) is 9.89. The zero-order chi connectivity index (χ0) is 42.0. The Morgan fingerprint density at radius 1 is 0.238 bits per heavy atom. The molecule has 0 spiro atoms. The van der Waals surface area contributed by atoms with Gasteiger partial charge in [-0.3, -0.25) is 0 Å². The average molecular weight is 820 g/mol. The highest BCUT2D eigenvalue weighted by atomic mass is 28.3. The summed E-state index contributed by atoms with van der Waals surface area (Å²) in [7, 11) is -2.81. The van der Waals surface area contributed by atoms with Crippen molar-refractivity contribution >= 4 is 50.4 Å². The van der Waals surface area contributed by atoms with Gasteiger partial charge in [-0.05, 0) is 76.7 Å². The molecule has 0 fully saturated rings. The van der Waals surface area contributed by atoms with E-state index >= 15 is 0 Å². The molecule has 0 aliphatic rings. The maximum absolute atomic E-state index is 5.18. The lowest BCUT2D eigenvalue weighted by Crippen LogP contribution is -2.74. The number of hydrogen-bond donors (Lipinski definition) is 0. The smallest absolute Gasteiger partial charge is 0.179 e. The standard InChI is InChI=1S/C59H41N3Si/c1-6-21-42(22-7-1)57-60-58(43-23-8-2-9-24-43)62-59(61-57)46-37-38-52(55(41-46)56-40-45-25-16-17-34-51(45)53-35-18-19-36-54(53)56)44-26-20-33-50(39-44)63(47-27-10-3-11-28-47,48-29-12-4-13-30-48)49-31-14-5-15-32-49/h1-41H. The fourth-order valence-electron chi connectivity index (χ4n) is 9.36. The normalized spacial score (nSPS) is 11.5. The Balaban J connectivity index is 1.19. The van der Waals surface area contributed by atoms with Crippen LogP contribution in [0, 0.1) is 0 Å². The Hall–Kier alpha value is -8.05. The highest BCUT2D eigenvalue weighted by Crippen LogP contribution is 2.41. The molecule has 0 radical (unpaired) electrons. The van der Waals surface area contributed by atoms with Crippen molar-refractivity contribution < 1.29 is 0 Å². The van der Waals surface area contributed by atoms with Crippen LogP contribution in [0.4, 0.5) is 0 Å². The van der Waals surface area contributed by atoms with Crippen molar-refractivity contribution in [2.75, 3.05) is 0 Å². The minimum Gasteiger partial charge on any atom is -0.208 e. The minimum atomic E-state index is -2.81. The SMILES string of the molecule is c1ccc(-c2nc(-c3ccccc3)nc(-c3ccc(-c4cccc([Si](c5ccccc5)(c5ccccc5)c5ccccc5)c4)c(-c4cc5ccccc5c5ccccc45)c3)n2)cc1. The van der Waals surface area contributed by atoms with E-state index in [1.807, 2.05) is 36.4 Å². The van der Waals surface area contributed by atoms with Crippen LogP contribution < -0.4 is 20.7 Å². The van der Waals surface area contributed by atoms with Crippen LogP contribution in [0.25, 0.3) is 78.0 Å². The van der Waals surface area contributed by atoms with Crippen LogP contribution in [0.3, 0.4) is 0 Å². The fourth-order valence-corrected chi connectivity index (χ4v) is 14.2. The van der Waals surface area contributed by atoms with Crippen LogP contribution in [0.2, 0.25) is 0 Å². The first-order chi connectivity index (χ1) is 31.2. The van der Waals surface area contributed by atoms with E-state index < -0.39 is 8.07 Å². The molecule has 296 valence electrons. The third kappa shape index (κ3) is 6.93. The van der Waals surface area contributed by atoms with Gasteiger partial charge in [-0.2, -0.15) is 0 Å². The fraction of sp³-hybridized carbons (Fsp3) is 0. The first-order valence-electron chi connectivity index (χ1n) is 21.4. The molecule has 0 unspecified atom stereocenters. The Morgan fingerprint density at radius 2 is 0.667 bits per heavy atom. The van der Waals surface area contributed by atoms with Crippen molar-refractivity contribution in [2.45, 2.75) is 0 Å². The second-order valence-electron chi connectivity index (χ2n) is 15.9. The maximum atomic E-state index is 5.18. The molecule has 11 aromatic rings. The van der Waals surface area contributed by atoms with Gasteiger partial charge in [0.15, 0.2) is 25.5 Å². The van der Waals surface area contributed by atoms with Crippen LogP contribution in [0.1, 0.15) is 0 Å². The van der Waals surface area contributed by atoms with Crippen LogP contribution in [-0.4, -0.2) is 23.0 Å². The molecular weight excluding hydrogens is 779 g/mol. The van der Waals surface area contributed by atoms with Crippen molar-refractivity contribution in [3.8, 4) is 56.4 Å². The molecule has 0 saturated heterocycles. The largest absolute Gasteiger partial charge is 0.208 e. The van der Waals surface area contributed by atoms with Gasteiger partial charge in [0.05, 0.1) is 0 Å². The quantitative estimate of drug-likeness (QED) is 0.0827. The summed E-state index contributed by atoms with van der Waals surface area (Å²) in [5.41, 5.74) is 7.35. The lowest BCUT2D eigenvalue weighted by molar-refractivity contribution is 1.07. The highest BCUT2D eigenvalue weighted by molar-refractivity contribution is 7.19. The molecule has 1 heterocycles. The van der Waals surface area contributed by atoms with E-state index in [2.05, 4.69) is 212 Å². The van der Waals surface area contributed by atoms with Crippen molar-refractivity contribution in [2.24, 2.45) is 0 Å². The molecule has 0 N–H and O–H groups in total. The molecule has 0 bridgehead atoms. The number of aromatic nitrogens is 3. The van der Waals surface area contributed by atoms with Crippen LogP contribution in [0.5, 0.6) is 0 Å². The number of rotatable bonds is 9. The van der Waals surface area contributed by atoms with E-state index in [1.165, 1.54) is 42.3 Å². The van der Waals surface area contributed by atoms with E-state index in [1.54, 1.807) is 0 Å². The first-order valence-corrected chi connectivity index (χ1v) is 23.4. The number of benzene rings is 10. The van der Waals surface area contributed by atoms with E-state index in [0.717, 1.165) is 38.9 Å². The van der Waals surface area contributed by atoms with Crippen LogP contribution in [-0.2, 0) is 0 Å². The molecule has 0 amide bonds. The maximum Gasteiger partial charge on any atom is 0.179 e. The molecular formula is C59H41N3Si. The van der Waals surface area contributed by atoms with E-state index in [0.29, 0.717) is 17.5 Å². The van der Waals surface area contributed by atoms with Gasteiger partial charge in [0.1, 0.15) is 0 Å². The summed E-state index contributed by atoms with van der Waals surface area (Å²) in [5, 5.41) is 10.2. The van der Waals surface area contributed by atoms with Gasteiger partial charge in [-0.15, -0.1) is 0 Å². The molecule has 0 aliphatic carbocycles. The molecule has 4 heteroatoms. The van der Waals surface area contributed by atoms with Crippen molar-refractivity contribution in [3.05, 3.63) is 249 Å². The molecule has 0 aliphatic heterocycles. The Labute approximate surface area is 368 Å². The second kappa shape index (κ2) is 16.4. The summed E-state index contributed by atoms with van der Waals surface area (Å²) in [6, 6.07) is 89.7. The molecule has 0 saturated carbocycles. The monoisotopic (exact) mass is 819 g/mol. The van der Waals surface area contributed by atoms with Crippen molar-refractivity contribution in [3.63, 3.8) is 0 Å². The molecule has 10 aromatic carbocycles. The molecule has 1 aromatic heterocycles. The Morgan fingerprint density at radius 3 is 1.22 bits per heavy atom. The summed E-state index contributed by atoms with van der Waals surface area (Å²) >= 11 is 0. The topological polar surface area (TPSA) is 38.7 Å². The van der Waals surface area contributed by atoms with E-state index in [9.17, 15) is 0 Å². The van der Waals surface area contributed by atoms with Gasteiger partial charge in [-0.1, -0.05) is 237 Å². The molecule has 3 nitrogen and oxygen atoms in total. The predicted molar refractivity (Wildman–Crippen MR) is 266 cm³/mol. The van der Waals surface area contributed by atoms with Gasteiger partial charge in [-0.25, -0.2) is 15.0 Å². The highest BCUT2D eigenvalue weighted by Gasteiger charge is 2.41. The van der Waals surface area contributed by atoms with E-state index in [4.69, 9.17) is 15.0 Å². The third-order valence-corrected chi connectivity index (χ3v) is 17.0. The van der Waals surface area contributed by atoms with Gasteiger partial charge in [0.25, 0.3) is 0 Å². The lowest BCUT2D eigenvalue weighted by Gasteiger charge is -2.34.